The van der Waals surface area contributed by atoms with Crippen LogP contribution < -0.4 is 14.4 Å². The summed E-state index contributed by atoms with van der Waals surface area (Å²) in [6, 6.07) is 14.5. The van der Waals surface area contributed by atoms with Crippen molar-refractivity contribution < 1.29 is 23.9 Å². The number of nitrogens with zero attached hydrogens (tertiary/aromatic N) is 2. The summed E-state index contributed by atoms with van der Waals surface area (Å²) in [7, 11) is 1.59. The molecule has 3 aliphatic rings. The zero-order valence-corrected chi connectivity index (χ0v) is 17.4. The van der Waals surface area contributed by atoms with Gasteiger partial charge in [-0.2, -0.15) is 0 Å². The summed E-state index contributed by atoms with van der Waals surface area (Å²) < 4.78 is 11.4. The first-order chi connectivity index (χ1) is 15.0. The lowest BCUT2D eigenvalue weighted by atomic mass is 9.89. The van der Waals surface area contributed by atoms with Crippen molar-refractivity contribution >= 4 is 23.3 Å². The third-order valence-electron chi connectivity index (χ3n) is 6.48. The Balaban J connectivity index is 1.27. The van der Waals surface area contributed by atoms with Crippen LogP contribution in [0.2, 0.25) is 0 Å². The fraction of sp³-hybridized carbons (Fsp3) is 0.375. The molecule has 31 heavy (non-hydrogen) atoms. The predicted octanol–water partition coefficient (Wildman–Crippen LogP) is 2.68. The van der Waals surface area contributed by atoms with Crippen LogP contribution in [0.25, 0.3) is 0 Å². The number of rotatable bonds is 3. The quantitative estimate of drug-likeness (QED) is 0.763. The Morgan fingerprint density at radius 1 is 1.13 bits per heavy atom. The minimum Gasteiger partial charge on any atom is -0.497 e. The molecule has 0 N–H and O–H groups in total. The number of Topliss-reactive ketones (excluding diaryl/α,β-unsaturated/α-hetero) is 1. The summed E-state index contributed by atoms with van der Waals surface area (Å²) in [5.74, 6) is 0.865. The van der Waals surface area contributed by atoms with Gasteiger partial charge in [-0.3, -0.25) is 14.4 Å². The van der Waals surface area contributed by atoms with Crippen LogP contribution in [0.4, 0.5) is 5.69 Å². The summed E-state index contributed by atoms with van der Waals surface area (Å²) in [6.07, 6.45) is 1.08. The van der Waals surface area contributed by atoms with Crippen LogP contribution in [-0.4, -0.2) is 54.8 Å². The summed E-state index contributed by atoms with van der Waals surface area (Å²) >= 11 is 0. The Labute approximate surface area is 180 Å². The molecule has 2 aromatic carbocycles. The number of para-hydroxylation sites is 1. The maximum absolute atomic E-state index is 13.2. The molecule has 1 spiro atoms. The summed E-state index contributed by atoms with van der Waals surface area (Å²) in [4.78, 5) is 41.8. The van der Waals surface area contributed by atoms with Crippen molar-refractivity contribution in [3.05, 3.63) is 54.1 Å². The highest BCUT2D eigenvalue weighted by atomic mass is 16.5. The second kappa shape index (κ2) is 7.41. The van der Waals surface area contributed by atoms with Gasteiger partial charge in [0.1, 0.15) is 17.1 Å². The molecule has 0 aliphatic carbocycles. The molecule has 2 fully saturated rings. The van der Waals surface area contributed by atoms with Crippen LogP contribution in [0.5, 0.6) is 11.5 Å². The van der Waals surface area contributed by atoms with Crippen molar-refractivity contribution in [2.45, 2.75) is 24.9 Å². The van der Waals surface area contributed by atoms with E-state index in [0.717, 1.165) is 5.69 Å². The topological polar surface area (TPSA) is 76.2 Å². The lowest BCUT2D eigenvalue weighted by Gasteiger charge is -2.34. The number of hydrogen-bond donors (Lipinski definition) is 0. The summed E-state index contributed by atoms with van der Waals surface area (Å²) in [5.41, 5.74) is 0.700. The van der Waals surface area contributed by atoms with Gasteiger partial charge in [-0.25, -0.2) is 0 Å². The fourth-order valence-electron chi connectivity index (χ4n) is 4.85. The number of carbonyl (C=O) groups excluding carboxylic acids is 3. The van der Waals surface area contributed by atoms with Gasteiger partial charge < -0.3 is 19.3 Å². The molecule has 0 bridgehead atoms. The molecule has 2 amide bonds. The van der Waals surface area contributed by atoms with E-state index < -0.39 is 11.5 Å². The molecule has 0 aromatic heterocycles. The van der Waals surface area contributed by atoms with Gasteiger partial charge in [-0.1, -0.05) is 12.1 Å². The van der Waals surface area contributed by atoms with E-state index in [1.54, 1.807) is 41.2 Å². The van der Waals surface area contributed by atoms with Crippen LogP contribution in [-0.2, 0) is 9.59 Å². The third kappa shape index (κ3) is 3.44. The average Bonchev–Trinajstić information content (AvgIpc) is 3.37. The third-order valence-corrected chi connectivity index (χ3v) is 6.48. The first-order valence-electron chi connectivity index (χ1n) is 10.5. The van der Waals surface area contributed by atoms with E-state index in [2.05, 4.69) is 0 Å². The highest BCUT2D eigenvalue weighted by Crippen LogP contribution is 2.39. The van der Waals surface area contributed by atoms with Crippen molar-refractivity contribution in [1.29, 1.82) is 0 Å². The second-order valence-electron chi connectivity index (χ2n) is 8.49. The Morgan fingerprint density at radius 2 is 1.90 bits per heavy atom. The van der Waals surface area contributed by atoms with Gasteiger partial charge in [-0.05, 0) is 36.4 Å². The summed E-state index contributed by atoms with van der Waals surface area (Å²) in [6.45, 7) is 1.26. The van der Waals surface area contributed by atoms with Gasteiger partial charge in [0.25, 0.3) is 0 Å². The maximum atomic E-state index is 13.2. The van der Waals surface area contributed by atoms with Crippen LogP contribution in [0.15, 0.2) is 48.5 Å². The van der Waals surface area contributed by atoms with Crippen molar-refractivity contribution in [3.8, 4) is 11.5 Å². The molecular formula is C24H24N2O5. The number of methoxy groups -OCH3 is 1. The second-order valence-corrected chi connectivity index (χ2v) is 8.49. The summed E-state index contributed by atoms with van der Waals surface area (Å²) in [5, 5.41) is 0. The van der Waals surface area contributed by atoms with Crippen LogP contribution in [0, 0.1) is 5.92 Å². The van der Waals surface area contributed by atoms with E-state index in [0.29, 0.717) is 43.1 Å². The van der Waals surface area contributed by atoms with E-state index in [4.69, 9.17) is 9.47 Å². The van der Waals surface area contributed by atoms with Gasteiger partial charge in [-0.15, -0.1) is 0 Å². The first-order valence-corrected chi connectivity index (χ1v) is 10.5. The lowest BCUT2D eigenvalue weighted by molar-refractivity contribution is -0.135. The molecule has 0 radical (unpaired) electrons. The lowest BCUT2D eigenvalue weighted by Crippen LogP contribution is -2.46. The van der Waals surface area contributed by atoms with Crippen molar-refractivity contribution in [1.82, 2.24) is 4.90 Å². The smallest absolute Gasteiger partial charge is 0.228 e. The number of carbonyl (C=O) groups is 3. The van der Waals surface area contributed by atoms with Crippen molar-refractivity contribution in [3.63, 3.8) is 0 Å². The number of hydrogen-bond acceptors (Lipinski definition) is 5. The minimum atomic E-state index is -0.667. The van der Waals surface area contributed by atoms with Gasteiger partial charge in [0.15, 0.2) is 5.78 Å². The van der Waals surface area contributed by atoms with E-state index in [1.807, 2.05) is 24.3 Å². The molecule has 2 saturated heterocycles. The molecule has 7 nitrogen and oxygen atoms in total. The molecule has 2 aromatic rings. The number of amides is 2. The van der Waals surface area contributed by atoms with E-state index in [9.17, 15) is 14.4 Å². The van der Waals surface area contributed by atoms with Crippen LogP contribution in [0.1, 0.15) is 29.6 Å². The van der Waals surface area contributed by atoms with Crippen molar-refractivity contribution in [2.75, 3.05) is 31.6 Å². The molecule has 0 saturated carbocycles. The van der Waals surface area contributed by atoms with Crippen LogP contribution in [0.3, 0.4) is 0 Å². The molecule has 5 rings (SSSR count). The highest BCUT2D eigenvalue weighted by molar-refractivity contribution is 6.01. The number of anilines is 1. The van der Waals surface area contributed by atoms with Crippen LogP contribution >= 0.6 is 0 Å². The van der Waals surface area contributed by atoms with Gasteiger partial charge in [0.2, 0.25) is 11.8 Å². The van der Waals surface area contributed by atoms with Crippen molar-refractivity contribution in [2.24, 2.45) is 5.92 Å². The number of fused-ring (bicyclic) bond motifs is 1. The molecule has 2 unspecified atom stereocenters. The largest absolute Gasteiger partial charge is 0.497 e. The zero-order chi connectivity index (χ0) is 21.6. The number of benzene rings is 2. The average molecular weight is 420 g/mol. The van der Waals surface area contributed by atoms with E-state index >= 15 is 0 Å². The maximum Gasteiger partial charge on any atom is 0.228 e. The molecular weight excluding hydrogens is 396 g/mol. The monoisotopic (exact) mass is 420 g/mol. The molecule has 160 valence electrons. The Bertz CT molecular complexity index is 1050. The minimum absolute atomic E-state index is 0.0452. The van der Waals surface area contributed by atoms with E-state index in [-0.39, 0.29) is 30.4 Å². The SMILES string of the molecule is COc1ccc(N2CC(C(=O)N3CCC4(CC(=O)c5ccccc5O4)C3)CC2=O)cc1. The fourth-order valence-corrected chi connectivity index (χ4v) is 4.85. The van der Waals surface area contributed by atoms with E-state index in [1.165, 1.54) is 0 Å². The number of ether oxygens (including phenoxy) is 2. The molecule has 2 atom stereocenters. The van der Waals surface area contributed by atoms with Gasteiger partial charge in [0.05, 0.1) is 31.6 Å². The van der Waals surface area contributed by atoms with Gasteiger partial charge >= 0.3 is 0 Å². The zero-order valence-electron chi connectivity index (χ0n) is 17.4. The number of ketones is 1. The Hall–Kier alpha value is -3.35. The normalized spacial score (nSPS) is 25.0. The first kappa shape index (κ1) is 19.6. The Morgan fingerprint density at radius 3 is 2.68 bits per heavy atom. The predicted molar refractivity (Wildman–Crippen MR) is 113 cm³/mol. The highest BCUT2D eigenvalue weighted by Gasteiger charge is 2.48. The molecule has 7 heteroatoms. The molecule has 3 heterocycles. The molecule has 3 aliphatic heterocycles. The number of likely N-dealkylation sites (tertiary alicyclic amines) is 1. The van der Waals surface area contributed by atoms with Gasteiger partial charge in [0, 0.05) is 31.6 Å². The standard InChI is InChI=1S/C24H24N2O5/c1-30-18-8-6-17(7-9-18)26-14-16(12-22(26)28)23(29)25-11-10-24(15-25)13-20(27)19-4-2-3-5-21(19)31-24/h2-9,16H,10-15H2,1H3. The Kier molecular flexibility index (Phi) is 4.68.